The van der Waals surface area contributed by atoms with Gasteiger partial charge in [-0.1, -0.05) is 0 Å². The molecule has 0 aliphatic rings. The largest absolute Gasteiger partial charge is 0.573 e. The fourth-order valence-corrected chi connectivity index (χ4v) is 3.64. The molecule has 0 bridgehead atoms. The lowest BCUT2D eigenvalue weighted by atomic mass is 10.3. The van der Waals surface area contributed by atoms with E-state index in [1.807, 2.05) is 31.5 Å². The van der Waals surface area contributed by atoms with Crippen molar-refractivity contribution in [3.05, 3.63) is 55.0 Å². The molecule has 5 aromatic rings. The SMILES string of the molecule is CC(C)n1ncc2c(Oc3ccc4c(c3)nc(Nc3ccc(OC(F)(F)F)cc3)n4C)ncnc21. The maximum Gasteiger partial charge on any atom is 0.573 e. The van der Waals surface area contributed by atoms with E-state index in [0.29, 0.717) is 39.8 Å². The van der Waals surface area contributed by atoms with Crippen molar-refractivity contribution in [1.82, 2.24) is 29.3 Å². The first-order chi connectivity index (χ1) is 16.7. The molecule has 3 heterocycles. The van der Waals surface area contributed by atoms with E-state index >= 15 is 0 Å². The molecule has 1 N–H and O–H groups in total. The van der Waals surface area contributed by atoms with Crippen molar-refractivity contribution in [2.24, 2.45) is 7.05 Å². The Morgan fingerprint density at radius 2 is 1.74 bits per heavy atom. The van der Waals surface area contributed by atoms with Gasteiger partial charge in [0, 0.05) is 24.8 Å². The second kappa shape index (κ2) is 8.46. The van der Waals surface area contributed by atoms with Gasteiger partial charge < -0.3 is 19.4 Å². The van der Waals surface area contributed by atoms with Crippen molar-refractivity contribution in [2.45, 2.75) is 26.3 Å². The van der Waals surface area contributed by atoms with Gasteiger partial charge in [-0.05, 0) is 50.2 Å². The van der Waals surface area contributed by atoms with Crippen LogP contribution in [0.3, 0.4) is 0 Å². The van der Waals surface area contributed by atoms with Gasteiger partial charge in [-0.2, -0.15) is 5.10 Å². The molecule has 12 heteroatoms. The Balaban J connectivity index is 1.39. The molecule has 0 spiro atoms. The van der Waals surface area contributed by atoms with Crippen LogP contribution in [0, 0.1) is 0 Å². The van der Waals surface area contributed by atoms with Crippen LogP contribution in [0.25, 0.3) is 22.1 Å². The van der Waals surface area contributed by atoms with Gasteiger partial charge in [-0.3, -0.25) is 0 Å². The van der Waals surface area contributed by atoms with Crippen molar-refractivity contribution in [3.8, 4) is 17.4 Å². The number of hydrogen-bond acceptors (Lipinski definition) is 7. The molecule has 9 nitrogen and oxygen atoms in total. The topological polar surface area (TPSA) is 91.9 Å². The zero-order valence-electron chi connectivity index (χ0n) is 18.9. The number of fused-ring (bicyclic) bond motifs is 2. The number of halogens is 3. The predicted octanol–water partition coefficient (Wildman–Crippen LogP) is 5.73. The van der Waals surface area contributed by atoms with Gasteiger partial charge in [0.15, 0.2) is 5.65 Å². The van der Waals surface area contributed by atoms with Crippen LogP contribution >= 0.6 is 0 Å². The smallest absolute Gasteiger partial charge is 0.438 e. The summed E-state index contributed by atoms with van der Waals surface area (Å²) < 4.78 is 50.7. The van der Waals surface area contributed by atoms with Crippen molar-refractivity contribution in [2.75, 3.05) is 5.32 Å². The molecule has 0 unspecified atom stereocenters. The van der Waals surface area contributed by atoms with Crippen molar-refractivity contribution in [1.29, 1.82) is 0 Å². The minimum absolute atomic E-state index is 0.138. The molecule has 180 valence electrons. The Morgan fingerprint density at radius 3 is 2.46 bits per heavy atom. The third kappa shape index (κ3) is 4.54. The Morgan fingerprint density at radius 1 is 1.00 bits per heavy atom. The number of aromatic nitrogens is 6. The zero-order valence-corrected chi connectivity index (χ0v) is 18.9. The molecule has 3 aromatic heterocycles. The number of hydrogen-bond donors (Lipinski definition) is 1. The number of aryl methyl sites for hydroxylation is 1. The molecule has 5 rings (SSSR count). The minimum atomic E-state index is -4.74. The summed E-state index contributed by atoms with van der Waals surface area (Å²) >= 11 is 0. The van der Waals surface area contributed by atoms with E-state index in [0.717, 1.165) is 5.52 Å². The summed E-state index contributed by atoms with van der Waals surface area (Å²) in [5.41, 5.74) is 2.73. The van der Waals surface area contributed by atoms with Gasteiger partial charge in [0.05, 0.1) is 17.2 Å². The summed E-state index contributed by atoms with van der Waals surface area (Å²) in [6, 6.07) is 11.0. The quantitative estimate of drug-likeness (QED) is 0.330. The van der Waals surface area contributed by atoms with Crippen LogP contribution in [-0.2, 0) is 7.05 Å². The Kier molecular flexibility index (Phi) is 5.42. The van der Waals surface area contributed by atoms with Gasteiger partial charge in [0.25, 0.3) is 0 Å². The van der Waals surface area contributed by atoms with E-state index in [4.69, 9.17) is 4.74 Å². The Hall–Kier alpha value is -4.35. The van der Waals surface area contributed by atoms with E-state index in [-0.39, 0.29) is 11.8 Å². The molecule has 2 aromatic carbocycles. The number of nitrogens with zero attached hydrogens (tertiary/aromatic N) is 6. The summed E-state index contributed by atoms with van der Waals surface area (Å²) in [6.45, 7) is 4.03. The summed E-state index contributed by atoms with van der Waals surface area (Å²) in [5.74, 6) is 1.13. The molecular weight excluding hydrogens is 463 g/mol. The molecule has 35 heavy (non-hydrogen) atoms. The average Bonchev–Trinajstić information content (AvgIpc) is 3.36. The van der Waals surface area contributed by atoms with Gasteiger partial charge >= 0.3 is 6.36 Å². The first-order valence-corrected chi connectivity index (χ1v) is 10.6. The monoisotopic (exact) mass is 483 g/mol. The lowest BCUT2D eigenvalue weighted by Gasteiger charge is -2.10. The van der Waals surface area contributed by atoms with Crippen LogP contribution in [-0.4, -0.2) is 35.7 Å². The Labute approximate surface area is 197 Å². The molecule has 0 saturated carbocycles. The highest BCUT2D eigenvalue weighted by Crippen LogP contribution is 2.31. The first-order valence-electron chi connectivity index (χ1n) is 10.6. The van der Waals surface area contributed by atoms with Crippen molar-refractivity contribution in [3.63, 3.8) is 0 Å². The van der Waals surface area contributed by atoms with E-state index in [1.165, 1.54) is 30.6 Å². The van der Waals surface area contributed by atoms with Crippen LogP contribution in [0.1, 0.15) is 19.9 Å². The van der Waals surface area contributed by atoms with E-state index < -0.39 is 6.36 Å². The second-order valence-corrected chi connectivity index (χ2v) is 8.04. The third-order valence-electron chi connectivity index (χ3n) is 5.25. The van der Waals surface area contributed by atoms with Crippen LogP contribution in [0.5, 0.6) is 17.4 Å². The van der Waals surface area contributed by atoms with E-state index in [9.17, 15) is 13.2 Å². The summed E-state index contributed by atoms with van der Waals surface area (Å²) in [7, 11) is 1.83. The third-order valence-corrected chi connectivity index (χ3v) is 5.25. The van der Waals surface area contributed by atoms with Gasteiger partial charge in [-0.15, -0.1) is 13.2 Å². The highest BCUT2D eigenvalue weighted by molar-refractivity contribution is 5.82. The summed E-state index contributed by atoms with van der Waals surface area (Å²) in [4.78, 5) is 13.2. The number of imidazole rings is 1. The number of anilines is 2. The fourth-order valence-electron chi connectivity index (χ4n) is 3.64. The molecule has 0 aliphatic carbocycles. The molecule has 0 fully saturated rings. The molecule has 0 amide bonds. The molecule has 0 atom stereocenters. The number of alkyl halides is 3. The highest BCUT2D eigenvalue weighted by Gasteiger charge is 2.31. The highest BCUT2D eigenvalue weighted by atomic mass is 19.4. The molecule has 0 saturated heterocycles. The zero-order chi connectivity index (χ0) is 24.7. The van der Waals surface area contributed by atoms with Crippen molar-refractivity contribution >= 4 is 33.7 Å². The number of rotatable bonds is 6. The average molecular weight is 483 g/mol. The molecular formula is C23H20F3N7O2. The van der Waals surface area contributed by atoms with Crippen LogP contribution in [0.15, 0.2) is 55.0 Å². The Bertz CT molecular complexity index is 1510. The van der Waals surface area contributed by atoms with Crippen LogP contribution < -0.4 is 14.8 Å². The first kappa shape index (κ1) is 22.4. The van der Waals surface area contributed by atoms with Crippen molar-refractivity contribution < 1.29 is 22.6 Å². The van der Waals surface area contributed by atoms with Gasteiger partial charge in [0.2, 0.25) is 11.8 Å². The lowest BCUT2D eigenvalue weighted by molar-refractivity contribution is -0.274. The maximum absolute atomic E-state index is 12.4. The minimum Gasteiger partial charge on any atom is -0.438 e. The van der Waals surface area contributed by atoms with Gasteiger partial charge in [-0.25, -0.2) is 19.6 Å². The van der Waals surface area contributed by atoms with Crippen LogP contribution in [0.2, 0.25) is 0 Å². The second-order valence-electron chi connectivity index (χ2n) is 8.04. The fraction of sp³-hybridized carbons (Fsp3) is 0.217. The summed E-state index contributed by atoms with van der Waals surface area (Å²) in [6.07, 6.45) is -1.62. The summed E-state index contributed by atoms with van der Waals surface area (Å²) in [5, 5.41) is 8.17. The normalized spacial score (nSPS) is 12.0. The maximum atomic E-state index is 12.4. The van der Waals surface area contributed by atoms with E-state index in [1.54, 1.807) is 23.0 Å². The number of benzene rings is 2. The van der Waals surface area contributed by atoms with Gasteiger partial charge in [0.1, 0.15) is 23.2 Å². The standard InChI is InChI=1S/C23H20F3N7O2/c1-13(2)33-20-17(11-29-33)21(28-12-27-20)34-16-8-9-19-18(10-16)31-22(32(19)3)30-14-4-6-15(7-5-14)35-23(24,25)26/h4-13H,1-3H3,(H,30,31). The molecule has 0 aliphatic heterocycles. The van der Waals surface area contributed by atoms with E-state index in [2.05, 4.69) is 30.1 Å². The molecule has 0 radical (unpaired) electrons. The number of nitrogens with one attached hydrogen (secondary N) is 1. The predicted molar refractivity (Wildman–Crippen MR) is 123 cm³/mol. The number of ether oxygens (including phenoxy) is 2. The van der Waals surface area contributed by atoms with Crippen LogP contribution in [0.4, 0.5) is 24.8 Å². The lowest BCUT2D eigenvalue weighted by Crippen LogP contribution is -2.17.